The first kappa shape index (κ1) is 16.5. The van der Waals surface area contributed by atoms with Gasteiger partial charge in [-0.3, -0.25) is 9.59 Å². The molecule has 3 rings (SSSR count). The van der Waals surface area contributed by atoms with Crippen LogP contribution in [-0.2, 0) is 11.3 Å². The highest BCUT2D eigenvalue weighted by Gasteiger charge is 2.32. The number of benzene rings is 1. The fraction of sp³-hybridized carbons (Fsp3) is 0.368. The zero-order chi connectivity index (χ0) is 17.3. The minimum absolute atomic E-state index is 0.00238. The second-order valence-electron chi connectivity index (χ2n) is 6.55. The van der Waals surface area contributed by atoms with E-state index in [2.05, 4.69) is 16.4 Å². The Bertz CT molecular complexity index is 832. The third-order valence-corrected chi connectivity index (χ3v) is 4.59. The molecule has 0 radical (unpaired) electrons. The van der Waals surface area contributed by atoms with Crippen molar-refractivity contribution in [3.05, 3.63) is 53.3 Å². The maximum absolute atomic E-state index is 12.6. The molecule has 1 aromatic carbocycles. The first-order valence-corrected chi connectivity index (χ1v) is 8.20. The zero-order valence-corrected chi connectivity index (χ0v) is 14.2. The lowest BCUT2D eigenvalue weighted by Gasteiger charge is -2.40. The molecule has 1 aliphatic heterocycles. The van der Waals surface area contributed by atoms with E-state index in [0.29, 0.717) is 19.6 Å². The lowest BCUT2D eigenvalue weighted by molar-refractivity contribution is -0.118. The fourth-order valence-electron chi connectivity index (χ4n) is 3.13. The summed E-state index contributed by atoms with van der Waals surface area (Å²) in [6.07, 6.45) is 1.39. The number of fused-ring (bicyclic) bond motifs is 1. The van der Waals surface area contributed by atoms with Gasteiger partial charge in [0.25, 0.3) is 5.56 Å². The van der Waals surface area contributed by atoms with Crippen molar-refractivity contribution in [3.8, 4) is 0 Å². The molecule has 2 heterocycles. The Morgan fingerprint density at radius 3 is 2.71 bits per heavy atom. The van der Waals surface area contributed by atoms with E-state index in [0.717, 1.165) is 23.1 Å². The molecule has 0 aliphatic carbocycles. The van der Waals surface area contributed by atoms with Crippen molar-refractivity contribution in [3.63, 3.8) is 0 Å². The predicted octanol–water partition coefficient (Wildman–Crippen LogP) is 1.75. The maximum atomic E-state index is 12.6. The molecule has 2 aromatic rings. The van der Waals surface area contributed by atoms with E-state index < -0.39 is 0 Å². The van der Waals surface area contributed by atoms with Crippen molar-refractivity contribution in [2.24, 2.45) is 5.92 Å². The van der Waals surface area contributed by atoms with Crippen LogP contribution in [0.5, 0.6) is 0 Å². The van der Waals surface area contributed by atoms with Gasteiger partial charge in [0.1, 0.15) is 0 Å². The van der Waals surface area contributed by atoms with Crippen molar-refractivity contribution < 1.29 is 4.79 Å². The van der Waals surface area contributed by atoms with Crippen LogP contribution in [0.4, 0.5) is 5.69 Å². The minimum Gasteiger partial charge on any atom is -0.369 e. The summed E-state index contributed by atoms with van der Waals surface area (Å²) in [5.41, 5.74) is 1.87. The maximum Gasteiger partial charge on any atom is 0.253 e. The number of carbonyl (C=O) groups excluding carboxylic acids is 1. The number of nitrogens with zero attached hydrogens (tertiary/aromatic N) is 3. The summed E-state index contributed by atoms with van der Waals surface area (Å²) in [6.45, 7) is 6.31. The molecule has 1 aromatic heterocycles. The molecule has 24 heavy (non-hydrogen) atoms. The van der Waals surface area contributed by atoms with Crippen molar-refractivity contribution in [2.75, 3.05) is 38.6 Å². The van der Waals surface area contributed by atoms with Crippen LogP contribution in [0.2, 0.25) is 0 Å². The van der Waals surface area contributed by atoms with E-state index in [4.69, 9.17) is 0 Å². The van der Waals surface area contributed by atoms with Crippen molar-refractivity contribution in [2.45, 2.75) is 6.54 Å². The molecule has 126 valence electrons. The molecular formula is C19H23N3O2. The number of likely N-dealkylation sites (N-methyl/N-ethyl adjacent to an activating group) is 1. The van der Waals surface area contributed by atoms with Crippen LogP contribution in [0.25, 0.3) is 10.9 Å². The summed E-state index contributed by atoms with van der Waals surface area (Å²) < 4.78 is 1.82. The molecule has 0 N–H and O–H groups in total. The Balaban J connectivity index is 1.96. The molecule has 1 aliphatic rings. The van der Waals surface area contributed by atoms with Crippen LogP contribution < -0.4 is 10.5 Å². The zero-order valence-electron chi connectivity index (χ0n) is 14.2. The summed E-state index contributed by atoms with van der Waals surface area (Å²) >= 11 is 0. The second-order valence-corrected chi connectivity index (χ2v) is 6.55. The van der Waals surface area contributed by atoms with Gasteiger partial charge in [-0.25, -0.2) is 0 Å². The summed E-state index contributed by atoms with van der Waals surface area (Å²) in [4.78, 5) is 28.5. The number of hydrogen-bond donors (Lipinski definition) is 0. The van der Waals surface area contributed by atoms with Gasteiger partial charge in [0.2, 0.25) is 0 Å². The third-order valence-electron chi connectivity index (χ3n) is 4.59. The molecule has 5 heteroatoms. The van der Waals surface area contributed by atoms with Gasteiger partial charge in [-0.15, -0.1) is 0 Å². The smallest absolute Gasteiger partial charge is 0.253 e. The van der Waals surface area contributed by atoms with Crippen molar-refractivity contribution in [1.29, 1.82) is 0 Å². The fourth-order valence-corrected chi connectivity index (χ4v) is 3.13. The average molecular weight is 325 g/mol. The van der Waals surface area contributed by atoms with Crippen molar-refractivity contribution in [1.82, 2.24) is 9.47 Å². The van der Waals surface area contributed by atoms with Crippen LogP contribution in [0, 0.1) is 5.92 Å². The van der Waals surface area contributed by atoms with Gasteiger partial charge < -0.3 is 14.4 Å². The number of allylic oxidation sites excluding steroid dienone is 1. The SMILES string of the molecule is C=CC(=O)C1CN(c2cc(=O)n(CCN(C)C)c3ccccc23)C1. The quantitative estimate of drug-likeness (QED) is 0.759. The highest BCUT2D eigenvalue weighted by atomic mass is 16.1. The predicted molar refractivity (Wildman–Crippen MR) is 97.7 cm³/mol. The van der Waals surface area contributed by atoms with Crippen LogP contribution in [0.3, 0.4) is 0 Å². The molecular weight excluding hydrogens is 302 g/mol. The van der Waals surface area contributed by atoms with Crippen LogP contribution >= 0.6 is 0 Å². The Kier molecular flexibility index (Phi) is 4.53. The topological polar surface area (TPSA) is 45.6 Å². The van der Waals surface area contributed by atoms with Crippen LogP contribution in [-0.4, -0.2) is 49.0 Å². The highest BCUT2D eigenvalue weighted by Crippen LogP contribution is 2.31. The van der Waals surface area contributed by atoms with Gasteiger partial charge in [-0.05, 0) is 26.2 Å². The number of hydrogen-bond acceptors (Lipinski definition) is 4. The number of ketones is 1. The van der Waals surface area contributed by atoms with Crippen LogP contribution in [0.15, 0.2) is 47.8 Å². The molecule has 0 saturated carbocycles. The molecule has 0 unspecified atom stereocenters. The molecule has 5 nitrogen and oxygen atoms in total. The van der Waals surface area contributed by atoms with Gasteiger partial charge in [0.15, 0.2) is 5.78 Å². The standard InChI is InChI=1S/C19H23N3O2/c1-4-18(23)14-12-21(13-14)17-11-19(24)22(10-9-20(2)3)16-8-6-5-7-15(16)17/h4-8,11,14H,1,9-10,12-13H2,2-3H3. The van der Waals surface area contributed by atoms with E-state index >= 15 is 0 Å². The molecule has 0 bridgehead atoms. The summed E-state index contributed by atoms with van der Waals surface area (Å²) in [7, 11) is 4.00. The number of para-hydroxylation sites is 1. The summed E-state index contributed by atoms with van der Waals surface area (Å²) in [5.74, 6) is 0.0762. The Labute approximate surface area is 141 Å². The van der Waals surface area contributed by atoms with Gasteiger partial charge in [0, 0.05) is 37.6 Å². The van der Waals surface area contributed by atoms with E-state index in [1.807, 2.05) is 42.9 Å². The molecule has 0 atom stereocenters. The normalized spacial score (nSPS) is 14.9. The number of carbonyl (C=O) groups is 1. The number of pyridine rings is 1. The number of aromatic nitrogens is 1. The lowest BCUT2D eigenvalue weighted by atomic mass is 9.94. The Morgan fingerprint density at radius 2 is 2.04 bits per heavy atom. The number of anilines is 1. The van der Waals surface area contributed by atoms with E-state index in [-0.39, 0.29) is 17.3 Å². The average Bonchev–Trinajstić information content (AvgIpc) is 2.52. The molecule has 0 spiro atoms. The first-order valence-electron chi connectivity index (χ1n) is 8.20. The molecule has 0 amide bonds. The lowest BCUT2D eigenvalue weighted by Crippen LogP contribution is -2.50. The van der Waals surface area contributed by atoms with Gasteiger partial charge in [-0.1, -0.05) is 24.8 Å². The highest BCUT2D eigenvalue weighted by molar-refractivity contribution is 5.96. The third kappa shape index (κ3) is 2.99. The second kappa shape index (κ2) is 6.61. The minimum atomic E-state index is -0.00238. The van der Waals surface area contributed by atoms with Gasteiger partial charge in [0.05, 0.1) is 17.1 Å². The number of rotatable bonds is 6. The van der Waals surface area contributed by atoms with Gasteiger partial charge >= 0.3 is 0 Å². The first-order chi connectivity index (χ1) is 11.5. The Hall–Kier alpha value is -2.40. The monoisotopic (exact) mass is 325 g/mol. The van der Waals surface area contributed by atoms with E-state index in [1.165, 1.54) is 6.08 Å². The van der Waals surface area contributed by atoms with Crippen LogP contribution in [0.1, 0.15) is 0 Å². The summed E-state index contributed by atoms with van der Waals surface area (Å²) in [6, 6.07) is 9.67. The van der Waals surface area contributed by atoms with E-state index in [9.17, 15) is 9.59 Å². The largest absolute Gasteiger partial charge is 0.369 e. The van der Waals surface area contributed by atoms with Crippen molar-refractivity contribution >= 4 is 22.4 Å². The summed E-state index contributed by atoms with van der Waals surface area (Å²) in [5, 5.41) is 1.06. The molecule has 1 saturated heterocycles. The van der Waals surface area contributed by atoms with E-state index in [1.54, 1.807) is 6.07 Å². The molecule has 1 fully saturated rings. The van der Waals surface area contributed by atoms with Gasteiger partial charge in [-0.2, -0.15) is 0 Å². The Morgan fingerprint density at radius 1 is 1.33 bits per heavy atom.